The number of hydrogen-bond acceptors (Lipinski definition) is 2. The van der Waals surface area contributed by atoms with E-state index >= 15 is 0 Å². The summed E-state index contributed by atoms with van der Waals surface area (Å²) in [5.41, 5.74) is 9.15. The van der Waals surface area contributed by atoms with Crippen molar-refractivity contribution in [3.05, 3.63) is 53.8 Å². The molecule has 0 aliphatic carbocycles. The lowest BCUT2D eigenvalue weighted by molar-refractivity contribution is 0.628. The Hall–Kier alpha value is -2.03. The summed E-state index contributed by atoms with van der Waals surface area (Å²) in [6.07, 6.45) is 0. The molecule has 0 saturated carbocycles. The van der Waals surface area contributed by atoms with Crippen LogP contribution in [0.25, 0.3) is 0 Å². The third-order valence-electron chi connectivity index (χ3n) is 2.94. The molecule has 2 rings (SSSR count). The molecule has 0 amide bonds. The summed E-state index contributed by atoms with van der Waals surface area (Å²) in [6.45, 7) is 4.84. The standard InChI is InChI=1S/C15H17FN2/c1-3-18(15-7-5-4-6-11(15)2)14-9-12(16)8-13(17)10-14/h4-10H,3,17H2,1-2H3. The van der Waals surface area contributed by atoms with Crippen molar-refractivity contribution >= 4 is 17.1 Å². The van der Waals surface area contributed by atoms with Crippen LogP contribution in [0.2, 0.25) is 0 Å². The highest BCUT2D eigenvalue weighted by atomic mass is 19.1. The van der Waals surface area contributed by atoms with Gasteiger partial charge in [0.15, 0.2) is 0 Å². The number of rotatable bonds is 3. The Labute approximate surface area is 107 Å². The van der Waals surface area contributed by atoms with Gasteiger partial charge in [0.1, 0.15) is 5.82 Å². The summed E-state index contributed by atoms with van der Waals surface area (Å²) < 4.78 is 13.4. The number of hydrogen-bond donors (Lipinski definition) is 1. The van der Waals surface area contributed by atoms with Crippen molar-refractivity contribution < 1.29 is 4.39 Å². The highest BCUT2D eigenvalue weighted by Crippen LogP contribution is 2.29. The first-order valence-electron chi connectivity index (χ1n) is 6.01. The van der Waals surface area contributed by atoms with Gasteiger partial charge in [0, 0.05) is 23.6 Å². The van der Waals surface area contributed by atoms with Crippen LogP contribution in [0.15, 0.2) is 42.5 Å². The first-order valence-corrected chi connectivity index (χ1v) is 6.01. The predicted octanol–water partition coefficient (Wildman–Crippen LogP) is 3.87. The highest BCUT2D eigenvalue weighted by molar-refractivity contribution is 5.68. The molecule has 0 fully saturated rings. The number of nitrogens with zero attached hydrogens (tertiary/aromatic N) is 1. The molecule has 0 aliphatic rings. The van der Waals surface area contributed by atoms with Gasteiger partial charge in [-0.25, -0.2) is 4.39 Å². The average molecular weight is 244 g/mol. The van der Waals surface area contributed by atoms with E-state index in [1.807, 2.05) is 38.1 Å². The van der Waals surface area contributed by atoms with Crippen LogP contribution in [-0.2, 0) is 0 Å². The van der Waals surface area contributed by atoms with E-state index in [2.05, 4.69) is 4.90 Å². The Morgan fingerprint density at radius 1 is 1.17 bits per heavy atom. The van der Waals surface area contributed by atoms with Crippen LogP contribution in [-0.4, -0.2) is 6.54 Å². The van der Waals surface area contributed by atoms with E-state index in [0.717, 1.165) is 23.5 Å². The maximum Gasteiger partial charge on any atom is 0.127 e. The molecule has 2 aromatic carbocycles. The molecule has 2 nitrogen and oxygen atoms in total. The third-order valence-corrected chi connectivity index (χ3v) is 2.94. The molecular formula is C15H17FN2. The van der Waals surface area contributed by atoms with Gasteiger partial charge in [-0.15, -0.1) is 0 Å². The van der Waals surface area contributed by atoms with Crippen molar-refractivity contribution in [2.24, 2.45) is 0 Å². The maximum atomic E-state index is 13.4. The zero-order chi connectivity index (χ0) is 13.1. The summed E-state index contributed by atoms with van der Waals surface area (Å²) in [6, 6.07) is 12.7. The third kappa shape index (κ3) is 2.45. The molecule has 0 heterocycles. The SMILES string of the molecule is CCN(c1cc(N)cc(F)c1)c1ccccc1C. The van der Waals surface area contributed by atoms with Gasteiger partial charge in [-0.05, 0) is 43.7 Å². The van der Waals surface area contributed by atoms with Gasteiger partial charge in [-0.1, -0.05) is 18.2 Å². The van der Waals surface area contributed by atoms with Crippen LogP contribution in [0.3, 0.4) is 0 Å². The second-order valence-corrected chi connectivity index (χ2v) is 4.27. The van der Waals surface area contributed by atoms with Gasteiger partial charge < -0.3 is 10.6 Å². The highest BCUT2D eigenvalue weighted by Gasteiger charge is 2.10. The van der Waals surface area contributed by atoms with E-state index in [-0.39, 0.29) is 5.82 Å². The zero-order valence-corrected chi connectivity index (χ0v) is 10.7. The summed E-state index contributed by atoms with van der Waals surface area (Å²) in [7, 11) is 0. The number of nitrogens with two attached hydrogens (primary N) is 1. The molecular weight excluding hydrogens is 227 g/mol. The second kappa shape index (κ2) is 5.08. The summed E-state index contributed by atoms with van der Waals surface area (Å²) in [4.78, 5) is 2.05. The average Bonchev–Trinajstić information content (AvgIpc) is 2.31. The van der Waals surface area contributed by atoms with E-state index in [4.69, 9.17) is 5.73 Å². The second-order valence-electron chi connectivity index (χ2n) is 4.27. The molecule has 3 heteroatoms. The first-order chi connectivity index (χ1) is 8.61. The quantitative estimate of drug-likeness (QED) is 0.830. The molecule has 0 radical (unpaired) electrons. The molecule has 0 atom stereocenters. The molecule has 94 valence electrons. The van der Waals surface area contributed by atoms with Crippen molar-refractivity contribution in [2.75, 3.05) is 17.2 Å². The van der Waals surface area contributed by atoms with Crippen molar-refractivity contribution in [3.8, 4) is 0 Å². The number of para-hydroxylation sites is 1. The van der Waals surface area contributed by atoms with Gasteiger partial charge in [0.25, 0.3) is 0 Å². The lowest BCUT2D eigenvalue weighted by atomic mass is 10.1. The van der Waals surface area contributed by atoms with Gasteiger partial charge in [0.05, 0.1) is 0 Å². The van der Waals surface area contributed by atoms with Crippen LogP contribution < -0.4 is 10.6 Å². The van der Waals surface area contributed by atoms with Crippen LogP contribution in [0.4, 0.5) is 21.5 Å². The minimum absolute atomic E-state index is 0.308. The summed E-state index contributed by atoms with van der Waals surface area (Å²) in [5.74, 6) is -0.308. The molecule has 0 spiro atoms. The number of aryl methyl sites for hydroxylation is 1. The summed E-state index contributed by atoms with van der Waals surface area (Å²) >= 11 is 0. The Morgan fingerprint density at radius 3 is 2.50 bits per heavy atom. The van der Waals surface area contributed by atoms with Gasteiger partial charge >= 0.3 is 0 Å². The fourth-order valence-corrected chi connectivity index (χ4v) is 2.11. The zero-order valence-electron chi connectivity index (χ0n) is 10.7. The van der Waals surface area contributed by atoms with Gasteiger partial charge in [0.2, 0.25) is 0 Å². The Balaban J connectivity index is 2.48. The van der Waals surface area contributed by atoms with E-state index in [1.54, 1.807) is 6.07 Å². The number of halogens is 1. The summed E-state index contributed by atoms with van der Waals surface area (Å²) in [5, 5.41) is 0. The van der Waals surface area contributed by atoms with Gasteiger partial charge in [-0.2, -0.15) is 0 Å². The number of nitrogen functional groups attached to an aromatic ring is 1. The Kier molecular flexibility index (Phi) is 3.51. The van der Waals surface area contributed by atoms with Crippen molar-refractivity contribution in [3.63, 3.8) is 0 Å². The Bertz CT molecular complexity index is 532. The Morgan fingerprint density at radius 2 is 1.89 bits per heavy atom. The van der Waals surface area contributed by atoms with E-state index < -0.39 is 0 Å². The monoisotopic (exact) mass is 244 g/mol. The first kappa shape index (κ1) is 12.4. The number of anilines is 3. The minimum atomic E-state index is -0.308. The van der Waals surface area contributed by atoms with Gasteiger partial charge in [-0.3, -0.25) is 0 Å². The topological polar surface area (TPSA) is 29.3 Å². The lowest BCUT2D eigenvalue weighted by Crippen LogP contribution is -2.17. The van der Waals surface area contributed by atoms with Crippen molar-refractivity contribution in [1.29, 1.82) is 0 Å². The smallest absolute Gasteiger partial charge is 0.127 e. The molecule has 0 aromatic heterocycles. The largest absolute Gasteiger partial charge is 0.399 e. The normalized spacial score (nSPS) is 10.4. The molecule has 0 unspecified atom stereocenters. The van der Waals surface area contributed by atoms with Crippen LogP contribution in [0.5, 0.6) is 0 Å². The predicted molar refractivity (Wildman–Crippen MR) is 74.7 cm³/mol. The fourth-order valence-electron chi connectivity index (χ4n) is 2.11. The molecule has 18 heavy (non-hydrogen) atoms. The van der Waals surface area contributed by atoms with Crippen LogP contribution in [0, 0.1) is 12.7 Å². The fraction of sp³-hybridized carbons (Fsp3) is 0.200. The minimum Gasteiger partial charge on any atom is -0.399 e. The molecule has 0 aliphatic heterocycles. The molecule has 2 N–H and O–H groups in total. The van der Waals surface area contributed by atoms with Crippen molar-refractivity contribution in [1.82, 2.24) is 0 Å². The van der Waals surface area contributed by atoms with E-state index in [0.29, 0.717) is 5.69 Å². The molecule has 0 bridgehead atoms. The van der Waals surface area contributed by atoms with E-state index in [9.17, 15) is 4.39 Å². The van der Waals surface area contributed by atoms with Crippen LogP contribution in [0.1, 0.15) is 12.5 Å². The molecule has 0 saturated heterocycles. The number of benzene rings is 2. The maximum absolute atomic E-state index is 13.4. The molecule has 2 aromatic rings. The lowest BCUT2D eigenvalue weighted by Gasteiger charge is -2.25. The van der Waals surface area contributed by atoms with Crippen LogP contribution >= 0.6 is 0 Å². The van der Waals surface area contributed by atoms with E-state index in [1.165, 1.54) is 12.1 Å². The van der Waals surface area contributed by atoms with Crippen molar-refractivity contribution in [2.45, 2.75) is 13.8 Å².